The second-order valence-corrected chi connectivity index (χ2v) is 10.9. The van der Waals surface area contributed by atoms with Gasteiger partial charge < -0.3 is 35.2 Å². The van der Waals surface area contributed by atoms with Gasteiger partial charge in [0.1, 0.15) is 6.23 Å². The Labute approximate surface area is 184 Å². The molecular weight excluding hydrogens is 515 g/mol. The van der Waals surface area contributed by atoms with E-state index in [4.69, 9.17) is 25.2 Å². The number of fused-ring (bicyclic) bond motifs is 1. The van der Waals surface area contributed by atoms with Gasteiger partial charge in [-0.15, -0.1) is 0 Å². The van der Waals surface area contributed by atoms with Crippen molar-refractivity contribution in [1.82, 2.24) is 19.5 Å². The van der Waals surface area contributed by atoms with Crippen molar-refractivity contribution in [3.05, 3.63) is 16.7 Å². The highest BCUT2D eigenvalue weighted by atomic mass is 31.3. The van der Waals surface area contributed by atoms with Gasteiger partial charge in [-0.05, 0) is 0 Å². The number of H-pyrrole nitrogens is 1. The molecule has 21 heteroatoms. The van der Waals surface area contributed by atoms with Crippen molar-refractivity contribution < 1.29 is 56.3 Å². The fourth-order valence-electron chi connectivity index (χ4n) is 2.95. The summed E-state index contributed by atoms with van der Waals surface area (Å²) in [7, 11) is -16.5. The van der Waals surface area contributed by atoms with Crippen molar-refractivity contribution in [2.24, 2.45) is 5.92 Å². The minimum Gasteiger partial charge on any atom is -0.396 e. The van der Waals surface area contributed by atoms with Gasteiger partial charge in [0.05, 0.1) is 19.0 Å². The van der Waals surface area contributed by atoms with Gasteiger partial charge >= 0.3 is 23.5 Å². The van der Waals surface area contributed by atoms with Gasteiger partial charge in [-0.1, -0.05) is 7.43 Å². The molecule has 188 valence electrons. The van der Waals surface area contributed by atoms with Crippen LogP contribution in [0.1, 0.15) is 20.1 Å². The van der Waals surface area contributed by atoms with Crippen LogP contribution in [0.2, 0.25) is 0 Å². The predicted molar refractivity (Wildman–Crippen MR) is 108 cm³/mol. The number of aromatic amines is 1. The number of nitrogens with one attached hydrogen (secondary N) is 1. The summed E-state index contributed by atoms with van der Waals surface area (Å²) >= 11 is 0. The van der Waals surface area contributed by atoms with Gasteiger partial charge in [0.2, 0.25) is 5.95 Å². The molecule has 2 unspecified atom stereocenters. The van der Waals surface area contributed by atoms with Crippen LogP contribution >= 0.6 is 23.5 Å². The first-order chi connectivity index (χ1) is 14.7. The molecule has 0 amide bonds. The third-order valence-corrected chi connectivity index (χ3v) is 7.98. The van der Waals surface area contributed by atoms with Crippen LogP contribution in [-0.2, 0) is 31.6 Å². The number of hydrogen-bond donors (Lipinski definition) is 7. The zero-order valence-electron chi connectivity index (χ0n) is 15.7. The number of hydrogen-bond acceptors (Lipinski definition) is 12. The Morgan fingerprint density at radius 1 is 1.21 bits per heavy atom. The molecule has 8 N–H and O–H groups in total. The van der Waals surface area contributed by atoms with E-state index in [1.54, 1.807) is 0 Å². The SMILES string of the molecule is C.Nc1nc2c(ncn2[C@H]2C[C@H](CO)[C@@H](COP(=O)(O)OP(=O)(O)OP(=O)(O)O)O2)c(=O)[nH]1. The molecule has 3 heterocycles. The Hall–Kier alpha value is -1.52. The summed E-state index contributed by atoms with van der Waals surface area (Å²) in [5.74, 6) is -0.839. The maximum atomic E-state index is 11.9. The summed E-state index contributed by atoms with van der Waals surface area (Å²) in [4.78, 5) is 57.9. The summed E-state index contributed by atoms with van der Waals surface area (Å²) in [5.41, 5.74) is 5.00. The number of nitrogens with zero attached hydrogens (tertiary/aromatic N) is 3. The van der Waals surface area contributed by atoms with E-state index in [2.05, 4.69) is 28.1 Å². The molecular formula is C12H22N5O13P3. The van der Waals surface area contributed by atoms with E-state index in [1.807, 2.05) is 0 Å². The number of aliphatic hydroxyl groups excluding tert-OH is 1. The average molecular weight is 537 g/mol. The summed E-state index contributed by atoms with van der Waals surface area (Å²) in [6.45, 7) is -1.20. The topological polar surface area (TPSA) is 279 Å². The lowest BCUT2D eigenvalue weighted by molar-refractivity contribution is -0.0328. The monoisotopic (exact) mass is 537 g/mol. The van der Waals surface area contributed by atoms with E-state index in [0.29, 0.717) is 0 Å². The molecule has 0 aliphatic carbocycles. The molecule has 3 rings (SSSR count). The molecule has 0 saturated carbocycles. The fourth-order valence-corrected chi connectivity index (χ4v) is 5.98. The van der Waals surface area contributed by atoms with Crippen molar-refractivity contribution in [3.8, 4) is 0 Å². The summed E-state index contributed by atoms with van der Waals surface area (Å²) in [6, 6.07) is 0. The lowest BCUT2D eigenvalue weighted by Crippen LogP contribution is -2.24. The standard InChI is InChI=1S/C11H18N5O13P3.CH4/c12-11-14-9-8(10(18)15-11)13-4-16(9)7-1-5(2-17)6(27-7)3-26-31(22,23)29-32(24,25)28-30(19,20)21;/h4-7,17H,1-3H2,(H,22,23)(H,24,25)(H2,19,20,21)(H3,12,14,15,18);1H4/t5-,6-,7-;/m1./s1. The molecule has 1 aliphatic heterocycles. The molecule has 0 aromatic carbocycles. The molecule has 2 aromatic heterocycles. The van der Waals surface area contributed by atoms with Crippen molar-refractivity contribution in [1.29, 1.82) is 0 Å². The minimum atomic E-state index is -5.66. The molecule has 18 nitrogen and oxygen atoms in total. The molecule has 0 radical (unpaired) electrons. The number of phosphoric acid groups is 3. The molecule has 1 saturated heterocycles. The van der Waals surface area contributed by atoms with E-state index in [1.165, 1.54) is 10.9 Å². The lowest BCUT2D eigenvalue weighted by atomic mass is 10.0. The van der Waals surface area contributed by atoms with Crippen molar-refractivity contribution in [2.45, 2.75) is 26.2 Å². The molecule has 33 heavy (non-hydrogen) atoms. The number of rotatable bonds is 9. The van der Waals surface area contributed by atoms with Crippen molar-refractivity contribution in [3.63, 3.8) is 0 Å². The third-order valence-electron chi connectivity index (χ3n) is 4.18. The smallest absolute Gasteiger partial charge is 0.396 e. The van der Waals surface area contributed by atoms with Crippen molar-refractivity contribution >= 4 is 40.6 Å². The normalized spacial score (nSPS) is 24.8. The van der Waals surface area contributed by atoms with Crippen molar-refractivity contribution in [2.75, 3.05) is 18.9 Å². The second kappa shape index (κ2) is 10.00. The number of aliphatic hydroxyl groups is 1. The Morgan fingerprint density at radius 2 is 1.88 bits per heavy atom. The maximum absolute atomic E-state index is 11.9. The largest absolute Gasteiger partial charge is 0.490 e. The van der Waals surface area contributed by atoms with Gasteiger partial charge in [-0.2, -0.15) is 13.6 Å². The van der Waals surface area contributed by atoms with Crippen LogP contribution in [0.5, 0.6) is 0 Å². The Morgan fingerprint density at radius 3 is 2.48 bits per heavy atom. The number of nitrogen functional groups attached to an aromatic ring is 1. The second-order valence-electron chi connectivity index (χ2n) is 6.47. The van der Waals surface area contributed by atoms with Gasteiger partial charge in [-0.25, -0.2) is 18.7 Å². The molecule has 1 aliphatic rings. The molecule has 0 bridgehead atoms. The average Bonchev–Trinajstić information content (AvgIpc) is 3.20. The fraction of sp³-hybridized carbons (Fsp3) is 0.583. The summed E-state index contributed by atoms with van der Waals surface area (Å²) in [5, 5.41) is 9.59. The number of anilines is 1. The van der Waals surface area contributed by atoms with Crippen LogP contribution in [0.25, 0.3) is 11.2 Å². The lowest BCUT2D eigenvalue weighted by Gasteiger charge is -2.20. The number of imidazole rings is 1. The predicted octanol–water partition coefficient (Wildman–Crippen LogP) is -0.423. The molecule has 0 spiro atoms. The summed E-state index contributed by atoms with van der Waals surface area (Å²) < 4.78 is 52.7. The van der Waals surface area contributed by atoms with Crippen LogP contribution in [0, 0.1) is 5.92 Å². The highest BCUT2D eigenvalue weighted by Gasteiger charge is 2.43. The Bertz CT molecular complexity index is 1190. The van der Waals surface area contributed by atoms with E-state index in [0.717, 1.165) is 0 Å². The Kier molecular flexibility index (Phi) is 8.40. The Balaban J connectivity index is 0.00000385. The highest BCUT2D eigenvalue weighted by Crippen LogP contribution is 2.66. The summed E-state index contributed by atoms with van der Waals surface area (Å²) in [6.07, 6.45) is -0.524. The highest BCUT2D eigenvalue weighted by molar-refractivity contribution is 7.66. The van der Waals surface area contributed by atoms with E-state index >= 15 is 0 Å². The van der Waals surface area contributed by atoms with E-state index < -0.39 is 60.5 Å². The number of phosphoric ester groups is 1. The van der Waals surface area contributed by atoms with Crippen LogP contribution in [0.3, 0.4) is 0 Å². The third kappa shape index (κ3) is 6.99. The quantitative estimate of drug-likeness (QED) is 0.200. The molecule has 5 atom stereocenters. The van der Waals surface area contributed by atoms with Gasteiger partial charge in [0.15, 0.2) is 11.2 Å². The van der Waals surface area contributed by atoms with Gasteiger partial charge in [0.25, 0.3) is 5.56 Å². The van der Waals surface area contributed by atoms with Gasteiger partial charge in [-0.3, -0.25) is 18.9 Å². The first kappa shape index (κ1) is 27.7. The van der Waals surface area contributed by atoms with Crippen LogP contribution in [-0.4, -0.2) is 63.5 Å². The van der Waals surface area contributed by atoms with Gasteiger partial charge in [0, 0.05) is 18.9 Å². The van der Waals surface area contributed by atoms with Crippen LogP contribution < -0.4 is 11.3 Å². The molecule has 2 aromatic rings. The zero-order valence-corrected chi connectivity index (χ0v) is 18.4. The number of aromatic nitrogens is 4. The zero-order chi connectivity index (χ0) is 23.9. The first-order valence-corrected chi connectivity index (χ1v) is 13.0. The van der Waals surface area contributed by atoms with Crippen LogP contribution in [0.15, 0.2) is 11.1 Å². The maximum Gasteiger partial charge on any atom is 0.490 e. The van der Waals surface area contributed by atoms with E-state index in [9.17, 15) is 28.5 Å². The molecule has 1 fully saturated rings. The van der Waals surface area contributed by atoms with E-state index in [-0.39, 0.29) is 31.0 Å². The first-order valence-electron chi connectivity index (χ1n) is 8.47. The number of ether oxygens (including phenoxy) is 1. The van der Waals surface area contributed by atoms with Crippen LogP contribution in [0.4, 0.5) is 5.95 Å². The minimum absolute atomic E-state index is 0. The number of nitrogens with two attached hydrogens (primary N) is 1.